The molecule has 0 radical (unpaired) electrons. The summed E-state index contributed by atoms with van der Waals surface area (Å²) in [6.07, 6.45) is 3.99. The lowest BCUT2D eigenvalue weighted by molar-refractivity contribution is 0.414. The topological polar surface area (TPSA) is 64.0 Å². The van der Waals surface area contributed by atoms with E-state index >= 15 is 0 Å². The highest BCUT2D eigenvalue weighted by Crippen LogP contribution is 2.31. The monoisotopic (exact) mass is 311 g/mol. The maximum atomic E-state index is 9.52. The van der Waals surface area contributed by atoms with E-state index in [-0.39, 0.29) is 0 Å². The van der Waals surface area contributed by atoms with Crippen LogP contribution < -0.4 is 10.5 Å². The largest absolute Gasteiger partial charge is 0.497 e. The van der Waals surface area contributed by atoms with Crippen molar-refractivity contribution in [2.45, 2.75) is 25.7 Å². The first-order chi connectivity index (χ1) is 10.7. The van der Waals surface area contributed by atoms with E-state index in [0.717, 1.165) is 52.9 Å². The summed E-state index contributed by atoms with van der Waals surface area (Å²) in [6, 6.07) is 9.80. The second-order valence-electron chi connectivity index (χ2n) is 5.37. The van der Waals surface area contributed by atoms with Gasteiger partial charge in [0.2, 0.25) is 0 Å². The van der Waals surface area contributed by atoms with Gasteiger partial charge in [0, 0.05) is 5.69 Å². The van der Waals surface area contributed by atoms with Gasteiger partial charge in [-0.1, -0.05) is 12.2 Å². The molecule has 1 heterocycles. The Labute approximate surface area is 134 Å². The third-order valence-electron chi connectivity index (χ3n) is 4.17. The highest BCUT2D eigenvalue weighted by Gasteiger charge is 2.21. The minimum Gasteiger partial charge on any atom is -0.497 e. The minimum absolute atomic E-state index is 0.429. The molecule has 4 nitrogen and oxygen atoms in total. The Hall–Kier alpha value is -2.32. The molecular formula is C17H17N3OS. The number of benzene rings is 1. The quantitative estimate of drug-likeness (QED) is 0.862. The number of nitrogens with two attached hydrogens (primary N) is 1. The molecule has 0 saturated carbocycles. The number of fused-ring (bicyclic) bond motifs is 1. The van der Waals surface area contributed by atoms with Crippen LogP contribution in [0, 0.1) is 16.0 Å². The maximum absolute atomic E-state index is 9.52. The van der Waals surface area contributed by atoms with Crippen LogP contribution >= 0.6 is 12.2 Å². The number of hydrogen-bond donors (Lipinski definition) is 1. The Morgan fingerprint density at radius 2 is 1.82 bits per heavy atom. The zero-order valence-electron chi connectivity index (χ0n) is 12.4. The lowest BCUT2D eigenvalue weighted by Gasteiger charge is -2.22. The molecule has 0 aliphatic heterocycles. The highest BCUT2D eigenvalue weighted by molar-refractivity contribution is 7.71. The SMILES string of the molecule is COc1ccc(-n2c(N)c(C#N)c3c(c2=S)CCCC3)cc1. The number of nitrogens with zero attached hydrogens (tertiary/aromatic N) is 2. The zero-order chi connectivity index (χ0) is 15.7. The van der Waals surface area contributed by atoms with Crippen molar-refractivity contribution in [3.05, 3.63) is 45.6 Å². The molecule has 3 rings (SSSR count). The average Bonchev–Trinajstić information content (AvgIpc) is 2.56. The van der Waals surface area contributed by atoms with Gasteiger partial charge in [-0.15, -0.1) is 0 Å². The number of hydrogen-bond acceptors (Lipinski definition) is 4. The van der Waals surface area contributed by atoms with Crippen molar-refractivity contribution in [3.8, 4) is 17.5 Å². The molecular weight excluding hydrogens is 294 g/mol. The summed E-state index contributed by atoms with van der Waals surface area (Å²) in [7, 11) is 1.63. The van der Waals surface area contributed by atoms with Gasteiger partial charge in [0.1, 0.15) is 22.3 Å². The summed E-state index contributed by atoms with van der Waals surface area (Å²) in [5.74, 6) is 1.20. The Bertz CT molecular complexity index is 816. The second kappa shape index (κ2) is 5.82. The summed E-state index contributed by atoms with van der Waals surface area (Å²) < 4.78 is 7.70. The van der Waals surface area contributed by atoms with Crippen molar-refractivity contribution in [2.24, 2.45) is 0 Å². The van der Waals surface area contributed by atoms with Crippen molar-refractivity contribution in [1.29, 1.82) is 5.26 Å². The molecule has 1 aromatic carbocycles. The number of rotatable bonds is 2. The van der Waals surface area contributed by atoms with Crippen LogP contribution in [0.5, 0.6) is 5.75 Å². The number of pyridine rings is 1. The predicted molar refractivity (Wildman–Crippen MR) is 88.9 cm³/mol. The molecule has 22 heavy (non-hydrogen) atoms. The molecule has 1 aliphatic rings. The van der Waals surface area contributed by atoms with Gasteiger partial charge in [-0.3, -0.25) is 4.57 Å². The maximum Gasteiger partial charge on any atom is 0.127 e. The second-order valence-corrected chi connectivity index (χ2v) is 5.76. The number of nitriles is 1. The summed E-state index contributed by atoms with van der Waals surface area (Å²) in [5.41, 5.74) is 9.83. The van der Waals surface area contributed by atoms with Crippen LogP contribution in [-0.2, 0) is 12.8 Å². The van der Waals surface area contributed by atoms with Gasteiger partial charge in [0.25, 0.3) is 0 Å². The summed E-state index contributed by atoms with van der Waals surface area (Å²) in [4.78, 5) is 0. The van der Waals surface area contributed by atoms with Crippen LogP contribution in [0.25, 0.3) is 5.69 Å². The Kier molecular flexibility index (Phi) is 3.86. The van der Waals surface area contributed by atoms with Crippen LogP contribution in [0.3, 0.4) is 0 Å². The minimum atomic E-state index is 0.429. The molecule has 0 bridgehead atoms. The van der Waals surface area contributed by atoms with Crippen molar-refractivity contribution < 1.29 is 4.74 Å². The van der Waals surface area contributed by atoms with Gasteiger partial charge in [-0.2, -0.15) is 5.26 Å². The van der Waals surface area contributed by atoms with E-state index in [0.29, 0.717) is 11.4 Å². The Balaban J connectivity index is 2.27. The molecule has 0 amide bonds. The van der Waals surface area contributed by atoms with E-state index in [1.54, 1.807) is 11.7 Å². The molecule has 2 N–H and O–H groups in total. The first-order valence-corrected chi connectivity index (χ1v) is 7.69. The fraction of sp³-hybridized carbons (Fsp3) is 0.294. The van der Waals surface area contributed by atoms with Gasteiger partial charge in [-0.05, 0) is 61.1 Å². The lowest BCUT2D eigenvalue weighted by atomic mass is 9.89. The van der Waals surface area contributed by atoms with E-state index in [2.05, 4.69) is 6.07 Å². The smallest absolute Gasteiger partial charge is 0.127 e. The van der Waals surface area contributed by atoms with Crippen molar-refractivity contribution in [2.75, 3.05) is 12.8 Å². The first kappa shape index (κ1) is 14.6. The van der Waals surface area contributed by atoms with Gasteiger partial charge in [0.15, 0.2) is 0 Å². The molecule has 5 heteroatoms. The Morgan fingerprint density at radius 1 is 1.18 bits per heavy atom. The lowest BCUT2D eigenvalue weighted by Crippen LogP contribution is -2.16. The van der Waals surface area contributed by atoms with Gasteiger partial charge in [-0.25, -0.2) is 0 Å². The van der Waals surface area contributed by atoms with E-state index < -0.39 is 0 Å². The fourth-order valence-corrected chi connectivity index (χ4v) is 3.47. The molecule has 1 aromatic heterocycles. The third-order valence-corrected chi connectivity index (χ3v) is 4.60. The normalized spacial score (nSPS) is 13.3. The van der Waals surface area contributed by atoms with Gasteiger partial charge in [0.05, 0.1) is 12.7 Å². The zero-order valence-corrected chi connectivity index (χ0v) is 13.2. The standard InChI is InChI=1S/C17H17N3OS/c1-21-12-8-6-11(7-9-12)20-16(19)15(10-18)13-4-2-3-5-14(13)17(20)22/h6-9H,2-5,19H2,1H3. The molecule has 1 aliphatic carbocycles. The number of nitrogen functional groups attached to an aromatic ring is 1. The van der Waals surface area contributed by atoms with Crippen LogP contribution in [0.1, 0.15) is 29.5 Å². The van der Waals surface area contributed by atoms with Gasteiger partial charge < -0.3 is 10.5 Å². The molecule has 2 aromatic rings. The molecule has 0 saturated heterocycles. The van der Waals surface area contributed by atoms with Crippen LogP contribution in [0.15, 0.2) is 24.3 Å². The van der Waals surface area contributed by atoms with Crippen molar-refractivity contribution >= 4 is 18.0 Å². The summed E-state index contributed by atoms with van der Waals surface area (Å²) in [5, 5.41) is 9.52. The van der Waals surface area contributed by atoms with Crippen molar-refractivity contribution in [3.63, 3.8) is 0 Å². The summed E-state index contributed by atoms with van der Waals surface area (Å²) >= 11 is 5.66. The van der Waals surface area contributed by atoms with E-state index in [1.807, 2.05) is 24.3 Å². The van der Waals surface area contributed by atoms with Crippen LogP contribution in [-0.4, -0.2) is 11.7 Å². The molecule has 112 valence electrons. The number of ether oxygens (including phenoxy) is 1. The van der Waals surface area contributed by atoms with Crippen molar-refractivity contribution in [1.82, 2.24) is 4.57 Å². The number of aromatic nitrogens is 1. The molecule has 0 fully saturated rings. The average molecular weight is 311 g/mol. The van der Waals surface area contributed by atoms with Crippen LogP contribution in [0.4, 0.5) is 5.82 Å². The molecule has 0 spiro atoms. The first-order valence-electron chi connectivity index (χ1n) is 7.28. The predicted octanol–water partition coefficient (Wildman–Crippen LogP) is 3.55. The number of anilines is 1. The number of methoxy groups -OCH3 is 1. The molecule has 0 atom stereocenters. The third kappa shape index (κ3) is 2.26. The highest BCUT2D eigenvalue weighted by atomic mass is 32.1. The summed E-state index contributed by atoms with van der Waals surface area (Å²) in [6.45, 7) is 0. The molecule has 0 unspecified atom stereocenters. The fourth-order valence-electron chi connectivity index (χ4n) is 3.04. The van der Waals surface area contributed by atoms with E-state index in [1.165, 1.54) is 0 Å². The van der Waals surface area contributed by atoms with Gasteiger partial charge >= 0.3 is 0 Å². The Morgan fingerprint density at radius 3 is 2.41 bits per heavy atom. The van der Waals surface area contributed by atoms with E-state index in [4.69, 9.17) is 22.7 Å². The van der Waals surface area contributed by atoms with Crippen LogP contribution in [0.2, 0.25) is 0 Å². The van der Waals surface area contributed by atoms with E-state index in [9.17, 15) is 5.26 Å².